The van der Waals surface area contributed by atoms with Crippen LogP contribution in [0.25, 0.3) is 11.0 Å². The van der Waals surface area contributed by atoms with Crippen molar-refractivity contribution >= 4 is 40.7 Å². The van der Waals surface area contributed by atoms with Gasteiger partial charge in [-0.05, 0) is 56.1 Å². The van der Waals surface area contributed by atoms with Gasteiger partial charge in [-0.1, -0.05) is 17.3 Å². The van der Waals surface area contributed by atoms with Crippen LogP contribution in [0.15, 0.2) is 30.3 Å². The third kappa shape index (κ3) is 3.77. The van der Waals surface area contributed by atoms with E-state index in [1.165, 1.54) is 10.4 Å². The molecule has 1 saturated heterocycles. The number of rotatable bonds is 4. The van der Waals surface area contributed by atoms with Gasteiger partial charge in [0.15, 0.2) is 0 Å². The molecule has 0 atom stereocenters. The molecule has 0 radical (unpaired) electrons. The van der Waals surface area contributed by atoms with Crippen molar-refractivity contribution in [3.05, 3.63) is 45.6 Å². The van der Waals surface area contributed by atoms with Crippen molar-refractivity contribution in [2.24, 2.45) is 0 Å². The van der Waals surface area contributed by atoms with Crippen molar-refractivity contribution in [2.45, 2.75) is 31.4 Å². The molecule has 0 bridgehead atoms. The average molecular weight is 434 g/mol. The maximum absolute atomic E-state index is 12.7. The fraction of sp³-hybridized carbons (Fsp3) is 0.450. The number of benzene rings is 1. The first-order valence-electron chi connectivity index (χ1n) is 9.79. The predicted molar refractivity (Wildman–Crippen MR) is 115 cm³/mol. The number of nitrogens with zero attached hydrogens (tertiary/aromatic N) is 3. The summed E-state index contributed by atoms with van der Waals surface area (Å²) < 4.78 is 8.04. The lowest BCUT2D eigenvalue weighted by molar-refractivity contribution is -0.0771. The van der Waals surface area contributed by atoms with E-state index in [9.17, 15) is 4.79 Å². The Morgan fingerprint density at radius 1 is 1.31 bits per heavy atom. The third-order valence-corrected chi connectivity index (χ3v) is 7.00. The summed E-state index contributed by atoms with van der Waals surface area (Å²) in [5.41, 5.74) is 2.94. The Hall–Kier alpha value is -2.00. The minimum atomic E-state index is -0.193. The number of halogens is 1. The molecule has 1 fully saturated rings. The Labute approximate surface area is 179 Å². The summed E-state index contributed by atoms with van der Waals surface area (Å²) in [7, 11) is 0. The number of amides is 1. The maximum atomic E-state index is 12.7. The molecule has 29 heavy (non-hydrogen) atoms. The van der Waals surface area contributed by atoms with E-state index in [0.29, 0.717) is 13.1 Å². The van der Waals surface area contributed by atoms with Crippen LogP contribution in [0.2, 0.25) is 0 Å². The van der Waals surface area contributed by atoms with Crippen LogP contribution in [0.4, 0.5) is 0 Å². The molecule has 7 nitrogen and oxygen atoms in total. The highest BCUT2D eigenvalue weighted by molar-refractivity contribution is 7.14. The van der Waals surface area contributed by atoms with Crippen LogP contribution in [0.1, 0.15) is 33.0 Å². The topological polar surface area (TPSA) is 81.1 Å². The lowest BCUT2D eigenvalue weighted by Gasteiger charge is -2.40. The van der Waals surface area contributed by atoms with Crippen molar-refractivity contribution in [1.82, 2.24) is 25.6 Å². The summed E-state index contributed by atoms with van der Waals surface area (Å²) in [4.78, 5) is 14.8. The number of hydrogen-bond acceptors (Lipinski definition) is 6. The molecule has 0 saturated carbocycles. The van der Waals surface area contributed by atoms with Gasteiger partial charge >= 0.3 is 0 Å². The molecular formula is C20H24ClN5O2S. The zero-order valence-corrected chi connectivity index (χ0v) is 17.7. The molecular weight excluding hydrogens is 410 g/mol. The van der Waals surface area contributed by atoms with Crippen LogP contribution >= 0.6 is 23.7 Å². The van der Waals surface area contributed by atoms with Gasteiger partial charge in [0, 0.05) is 11.4 Å². The number of aromatic nitrogens is 3. The zero-order chi connectivity index (χ0) is 19.0. The van der Waals surface area contributed by atoms with E-state index in [2.05, 4.69) is 27.0 Å². The number of piperidine rings is 1. The van der Waals surface area contributed by atoms with Gasteiger partial charge in [0.25, 0.3) is 5.91 Å². The van der Waals surface area contributed by atoms with Crippen LogP contribution < -0.4 is 10.6 Å². The Morgan fingerprint density at radius 3 is 3.00 bits per heavy atom. The number of fused-ring (bicyclic) bond motifs is 3. The second kappa shape index (κ2) is 8.39. The molecule has 2 aromatic heterocycles. The number of thiophene rings is 1. The summed E-state index contributed by atoms with van der Waals surface area (Å²) in [6.45, 7) is 3.77. The zero-order valence-electron chi connectivity index (χ0n) is 16.0. The first kappa shape index (κ1) is 20.3. The first-order valence-corrected chi connectivity index (χ1v) is 10.6. The Balaban J connectivity index is 0.00000205. The molecule has 0 unspecified atom stereocenters. The second-order valence-electron chi connectivity index (χ2n) is 7.36. The van der Waals surface area contributed by atoms with Crippen molar-refractivity contribution in [1.29, 1.82) is 0 Å². The first-order chi connectivity index (χ1) is 13.8. The molecule has 4 heterocycles. The van der Waals surface area contributed by atoms with Crippen molar-refractivity contribution in [3.63, 3.8) is 0 Å². The maximum Gasteiger partial charge on any atom is 0.261 e. The van der Waals surface area contributed by atoms with Gasteiger partial charge in [-0.3, -0.25) is 4.79 Å². The van der Waals surface area contributed by atoms with E-state index in [0.717, 1.165) is 54.9 Å². The summed E-state index contributed by atoms with van der Waals surface area (Å²) in [6, 6.07) is 9.90. The highest BCUT2D eigenvalue weighted by Crippen LogP contribution is 2.44. The summed E-state index contributed by atoms with van der Waals surface area (Å²) >= 11 is 1.60. The van der Waals surface area contributed by atoms with Gasteiger partial charge in [0.1, 0.15) is 11.1 Å². The Kier molecular flexibility index (Phi) is 5.87. The van der Waals surface area contributed by atoms with E-state index in [-0.39, 0.29) is 23.9 Å². The molecule has 1 amide bonds. The summed E-state index contributed by atoms with van der Waals surface area (Å²) in [5, 5.41) is 14.8. The highest BCUT2D eigenvalue weighted by atomic mass is 35.5. The molecule has 154 valence electrons. The summed E-state index contributed by atoms with van der Waals surface area (Å²) in [5.74, 6) is -0.0205. The standard InChI is InChI=1S/C20H23N5O2S.ClH/c26-19(22-10-11-25-16-4-2-1-3-15(16)23-24-25)17-13-14-5-12-27-20(18(14)28-17)6-8-21-9-7-20;/h1-4,13,21H,5-12H2,(H,22,26);1H. The smallest absolute Gasteiger partial charge is 0.261 e. The summed E-state index contributed by atoms with van der Waals surface area (Å²) in [6.07, 6.45) is 2.83. The minimum absolute atomic E-state index is 0. The van der Waals surface area contributed by atoms with Crippen LogP contribution in [0.3, 0.4) is 0 Å². The van der Waals surface area contributed by atoms with Gasteiger partial charge in [0.2, 0.25) is 0 Å². The molecule has 2 aliphatic rings. The van der Waals surface area contributed by atoms with Crippen LogP contribution in [-0.2, 0) is 23.3 Å². The Morgan fingerprint density at radius 2 is 2.14 bits per heavy atom. The van der Waals surface area contributed by atoms with Crippen molar-refractivity contribution < 1.29 is 9.53 Å². The SMILES string of the molecule is Cl.O=C(NCCn1nnc2ccccc21)c1cc2c(s1)C1(CCNCC1)OCC2. The van der Waals surface area contributed by atoms with E-state index >= 15 is 0 Å². The molecule has 2 N–H and O–H groups in total. The molecule has 1 spiro atoms. The number of carbonyl (C=O) groups is 1. The van der Waals surface area contributed by atoms with Crippen LogP contribution in [0, 0.1) is 0 Å². The lowest BCUT2D eigenvalue weighted by Crippen LogP contribution is -2.43. The van der Waals surface area contributed by atoms with Crippen molar-refractivity contribution in [3.8, 4) is 0 Å². The monoisotopic (exact) mass is 433 g/mol. The van der Waals surface area contributed by atoms with E-state index in [1.807, 2.05) is 28.9 Å². The second-order valence-corrected chi connectivity index (χ2v) is 8.42. The predicted octanol–water partition coefficient (Wildman–Crippen LogP) is 2.50. The molecule has 1 aromatic carbocycles. The quantitative estimate of drug-likeness (QED) is 0.660. The molecule has 5 rings (SSSR count). The molecule has 9 heteroatoms. The van der Waals surface area contributed by atoms with Gasteiger partial charge in [-0.2, -0.15) is 0 Å². The number of hydrogen-bond donors (Lipinski definition) is 2. The van der Waals surface area contributed by atoms with Gasteiger partial charge in [-0.15, -0.1) is 28.8 Å². The number of carbonyl (C=O) groups excluding carboxylic acids is 1. The fourth-order valence-corrected chi connectivity index (χ4v) is 5.51. The number of ether oxygens (including phenoxy) is 1. The van der Waals surface area contributed by atoms with Crippen LogP contribution in [0.5, 0.6) is 0 Å². The molecule has 2 aliphatic heterocycles. The van der Waals surface area contributed by atoms with E-state index in [1.54, 1.807) is 11.3 Å². The van der Waals surface area contributed by atoms with Crippen LogP contribution in [-0.4, -0.2) is 47.1 Å². The number of nitrogens with one attached hydrogen (secondary N) is 2. The average Bonchev–Trinajstić information content (AvgIpc) is 3.34. The van der Waals surface area contributed by atoms with Crippen molar-refractivity contribution in [2.75, 3.05) is 26.2 Å². The van der Waals surface area contributed by atoms with Gasteiger partial charge in [0.05, 0.1) is 23.5 Å². The minimum Gasteiger partial charge on any atom is -0.369 e. The normalized spacial score (nSPS) is 17.7. The largest absolute Gasteiger partial charge is 0.369 e. The van der Waals surface area contributed by atoms with Gasteiger partial charge in [-0.25, -0.2) is 4.68 Å². The third-order valence-electron chi connectivity index (χ3n) is 5.64. The van der Waals surface area contributed by atoms with E-state index in [4.69, 9.17) is 4.74 Å². The lowest BCUT2D eigenvalue weighted by atomic mass is 9.86. The Bertz CT molecular complexity index is 1010. The molecule has 0 aliphatic carbocycles. The highest BCUT2D eigenvalue weighted by Gasteiger charge is 2.41. The number of para-hydroxylation sites is 1. The van der Waals surface area contributed by atoms with E-state index < -0.39 is 0 Å². The fourth-order valence-electron chi connectivity index (χ4n) is 4.18. The van der Waals surface area contributed by atoms with Gasteiger partial charge < -0.3 is 15.4 Å². The molecule has 3 aromatic rings.